The molecule has 9 heteroatoms. The summed E-state index contributed by atoms with van der Waals surface area (Å²) in [5, 5.41) is 19.8. The Hall–Kier alpha value is -2.13. The molecular weight excluding hydrogens is 278 g/mol. The third-order valence-corrected chi connectivity index (χ3v) is 3.48. The zero-order valence-corrected chi connectivity index (χ0v) is 10.6. The van der Waals surface area contributed by atoms with Crippen molar-refractivity contribution in [3.8, 4) is 0 Å². The number of carboxylic acid groups (broad SMARTS) is 2. The monoisotopic (exact) mass is 289 g/mol. The molecule has 0 saturated carbocycles. The van der Waals surface area contributed by atoms with E-state index >= 15 is 0 Å². The van der Waals surface area contributed by atoms with E-state index in [1.165, 1.54) is 6.07 Å². The van der Waals surface area contributed by atoms with Crippen LogP contribution in [0.25, 0.3) is 0 Å². The van der Waals surface area contributed by atoms with Crippen LogP contribution < -0.4 is 5.32 Å². The maximum atomic E-state index is 11.6. The summed E-state index contributed by atoms with van der Waals surface area (Å²) in [7, 11) is -3.23. The summed E-state index contributed by atoms with van der Waals surface area (Å²) in [6.45, 7) is -0.628. The lowest BCUT2D eigenvalue weighted by Gasteiger charge is -2.12. The molecule has 1 aromatic rings. The number of hydrogen-bond donors (Lipinski definition) is 3. The Labute approximate surface area is 108 Å². The van der Waals surface area contributed by atoms with Crippen molar-refractivity contribution in [2.45, 2.75) is 4.90 Å². The Morgan fingerprint density at radius 1 is 1.32 bits per heavy atom. The van der Waals surface area contributed by atoms with Gasteiger partial charge in [-0.15, -0.1) is 0 Å². The third kappa shape index (κ3) is 3.42. The molecule has 0 heterocycles. The molecule has 3 N–H and O–H groups in total. The third-order valence-electron chi connectivity index (χ3n) is 2.16. The summed E-state index contributed by atoms with van der Waals surface area (Å²) in [5.74, 6) is -2.65. The number of aromatic carboxylic acids is 1. The van der Waals surface area contributed by atoms with Crippen LogP contribution in [0.4, 0.5) is 5.69 Å². The van der Waals surface area contributed by atoms with Crippen LogP contribution in [0.1, 0.15) is 10.4 Å². The SMILES string of the molecule is COS(=O)(=O)c1cccc(C(=O)O)c1NCC(=O)O. The van der Waals surface area contributed by atoms with Crippen molar-refractivity contribution in [3.63, 3.8) is 0 Å². The molecular formula is C10H11NO7S. The molecule has 19 heavy (non-hydrogen) atoms. The van der Waals surface area contributed by atoms with Gasteiger partial charge in [-0.2, -0.15) is 8.42 Å². The maximum absolute atomic E-state index is 11.6. The molecule has 0 bridgehead atoms. The minimum atomic E-state index is -4.15. The highest BCUT2D eigenvalue weighted by atomic mass is 32.2. The Kier molecular flexibility index (Phi) is 4.46. The predicted octanol–water partition coefficient (Wildman–Crippen LogP) is 0.216. The topological polar surface area (TPSA) is 130 Å². The maximum Gasteiger partial charge on any atom is 0.337 e. The molecule has 0 aliphatic heterocycles. The second-order valence-electron chi connectivity index (χ2n) is 3.35. The smallest absolute Gasteiger partial charge is 0.337 e. The summed E-state index contributed by atoms with van der Waals surface area (Å²) in [5.41, 5.74) is -0.682. The fourth-order valence-corrected chi connectivity index (χ4v) is 2.21. The molecule has 0 radical (unpaired) electrons. The molecule has 104 valence electrons. The van der Waals surface area contributed by atoms with E-state index in [1.54, 1.807) is 0 Å². The van der Waals surface area contributed by atoms with Crippen molar-refractivity contribution in [2.24, 2.45) is 0 Å². The van der Waals surface area contributed by atoms with E-state index < -0.39 is 33.5 Å². The van der Waals surface area contributed by atoms with Crippen LogP contribution >= 0.6 is 0 Å². The highest BCUT2D eigenvalue weighted by Gasteiger charge is 2.23. The van der Waals surface area contributed by atoms with Crippen LogP contribution in [0, 0.1) is 0 Å². The van der Waals surface area contributed by atoms with Gasteiger partial charge in [0.05, 0.1) is 18.4 Å². The highest BCUT2D eigenvalue weighted by molar-refractivity contribution is 7.87. The first-order chi connectivity index (χ1) is 8.79. The van der Waals surface area contributed by atoms with Crippen LogP contribution in [0.3, 0.4) is 0 Å². The Bertz CT molecular complexity index is 608. The number of carbonyl (C=O) groups is 2. The van der Waals surface area contributed by atoms with Crippen LogP contribution in [-0.2, 0) is 19.1 Å². The molecule has 8 nitrogen and oxygen atoms in total. The molecule has 0 amide bonds. The van der Waals surface area contributed by atoms with Gasteiger partial charge in [0, 0.05) is 0 Å². The van der Waals surface area contributed by atoms with Crippen LogP contribution in [0.15, 0.2) is 23.1 Å². The van der Waals surface area contributed by atoms with Gasteiger partial charge < -0.3 is 15.5 Å². The molecule has 0 saturated heterocycles. The first-order valence-corrected chi connectivity index (χ1v) is 6.33. The number of carboxylic acids is 2. The van der Waals surface area contributed by atoms with E-state index in [0.717, 1.165) is 19.2 Å². The lowest BCUT2D eigenvalue weighted by molar-refractivity contribution is -0.134. The second kappa shape index (κ2) is 5.67. The van der Waals surface area contributed by atoms with Crippen LogP contribution in [0.2, 0.25) is 0 Å². The number of hydrogen-bond acceptors (Lipinski definition) is 6. The molecule has 0 spiro atoms. The number of rotatable bonds is 6. The molecule has 1 aromatic carbocycles. The van der Waals surface area contributed by atoms with E-state index in [-0.39, 0.29) is 11.3 Å². The summed E-state index contributed by atoms with van der Waals surface area (Å²) in [6.07, 6.45) is 0. The highest BCUT2D eigenvalue weighted by Crippen LogP contribution is 2.26. The largest absolute Gasteiger partial charge is 0.480 e. The number of benzene rings is 1. The van der Waals surface area contributed by atoms with E-state index in [0.29, 0.717) is 0 Å². The van der Waals surface area contributed by atoms with E-state index in [1.807, 2.05) is 0 Å². The summed E-state index contributed by atoms with van der Waals surface area (Å²) < 4.78 is 27.6. The van der Waals surface area contributed by atoms with Gasteiger partial charge in [-0.05, 0) is 12.1 Å². The van der Waals surface area contributed by atoms with Crippen LogP contribution in [0.5, 0.6) is 0 Å². The lowest BCUT2D eigenvalue weighted by atomic mass is 10.2. The minimum Gasteiger partial charge on any atom is -0.480 e. The molecule has 0 aliphatic rings. The molecule has 0 aromatic heterocycles. The van der Waals surface area contributed by atoms with Gasteiger partial charge in [-0.3, -0.25) is 8.98 Å². The summed E-state index contributed by atoms with van der Waals surface area (Å²) in [4.78, 5) is 21.1. The first-order valence-electron chi connectivity index (χ1n) is 4.92. The lowest BCUT2D eigenvalue weighted by Crippen LogP contribution is -2.18. The zero-order chi connectivity index (χ0) is 14.6. The predicted molar refractivity (Wildman–Crippen MR) is 63.7 cm³/mol. The van der Waals surface area contributed by atoms with Crippen molar-refractivity contribution in [1.29, 1.82) is 0 Å². The quantitative estimate of drug-likeness (QED) is 0.634. The van der Waals surface area contributed by atoms with Gasteiger partial charge in [-0.1, -0.05) is 6.07 Å². The van der Waals surface area contributed by atoms with Crippen LogP contribution in [-0.4, -0.2) is 44.2 Å². The number of nitrogens with one attached hydrogen (secondary N) is 1. The van der Waals surface area contributed by atoms with E-state index in [4.69, 9.17) is 10.2 Å². The molecule has 1 rings (SSSR count). The number of aliphatic carboxylic acids is 1. The molecule has 0 aliphatic carbocycles. The van der Waals surface area contributed by atoms with Crippen molar-refractivity contribution < 1.29 is 32.4 Å². The Balaban J connectivity index is 3.42. The Morgan fingerprint density at radius 3 is 2.42 bits per heavy atom. The van der Waals surface area contributed by atoms with Crippen molar-refractivity contribution >= 4 is 27.7 Å². The second-order valence-corrected chi connectivity index (χ2v) is 5.03. The number of para-hydroxylation sites is 1. The van der Waals surface area contributed by atoms with Gasteiger partial charge in [0.2, 0.25) is 0 Å². The van der Waals surface area contributed by atoms with Gasteiger partial charge in [0.1, 0.15) is 11.4 Å². The van der Waals surface area contributed by atoms with E-state index in [2.05, 4.69) is 9.50 Å². The normalized spacial score (nSPS) is 11.0. The van der Waals surface area contributed by atoms with Crippen molar-refractivity contribution in [1.82, 2.24) is 0 Å². The van der Waals surface area contributed by atoms with Gasteiger partial charge in [0.15, 0.2) is 0 Å². The Morgan fingerprint density at radius 2 is 1.95 bits per heavy atom. The van der Waals surface area contributed by atoms with Gasteiger partial charge in [0.25, 0.3) is 10.1 Å². The first kappa shape index (κ1) is 14.9. The molecule has 0 unspecified atom stereocenters. The van der Waals surface area contributed by atoms with Gasteiger partial charge in [-0.25, -0.2) is 4.79 Å². The fourth-order valence-electron chi connectivity index (χ4n) is 1.35. The standard InChI is InChI=1S/C10H11NO7S/c1-18-19(16,17)7-4-2-3-6(10(14)15)9(7)11-5-8(12)13/h2-4,11H,5H2,1H3,(H,12,13)(H,14,15). The van der Waals surface area contributed by atoms with Gasteiger partial charge >= 0.3 is 11.9 Å². The van der Waals surface area contributed by atoms with Crippen molar-refractivity contribution in [2.75, 3.05) is 19.0 Å². The fraction of sp³-hybridized carbons (Fsp3) is 0.200. The average Bonchev–Trinajstić information content (AvgIpc) is 2.35. The molecule has 0 atom stereocenters. The van der Waals surface area contributed by atoms with E-state index in [9.17, 15) is 18.0 Å². The minimum absolute atomic E-state index is 0.320. The number of anilines is 1. The molecule has 0 fully saturated rings. The van der Waals surface area contributed by atoms with Crippen molar-refractivity contribution in [3.05, 3.63) is 23.8 Å². The summed E-state index contributed by atoms with van der Waals surface area (Å²) in [6, 6.07) is 3.50. The average molecular weight is 289 g/mol. The summed E-state index contributed by atoms with van der Waals surface area (Å²) >= 11 is 0. The zero-order valence-electron chi connectivity index (χ0n) is 9.78.